The zero-order chi connectivity index (χ0) is 16.3. The van der Waals surface area contributed by atoms with Crippen LogP contribution < -0.4 is 10.6 Å². The SMILES string of the molecule is CCC(CC)(CO)CNC(=O)CN1C(=O)NC(C)(C)C1=O. The van der Waals surface area contributed by atoms with E-state index in [-0.39, 0.29) is 18.6 Å². The molecule has 0 radical (unpaired) electrons. The molecule has 7 heteroatoms. The highest BCUT2D eigenvalue weighted by Gasteiger charge is 2.44. The number of hydrogen-bond acceptors (Lipinski definition) is 4. The van der Waals surface area contributed by atoms with E-state index in [1.165, 1.54) is 0 Å². The molecule has 21 heavy (non-hydrogen) atoms. The van der Waals surface area contributed by atoms with Gasteiger partial charge in [-0.2, -0.15) is 0 Å². The van der Waals surface area contributed by atoms with Crippen LogP contribution >= 0.6 is 0 Å². The predicted octanol–water partition coefficient (Wildman–Crippen LogP) is 0.232. The summed E-state index contributed by atoms with van der Waals surface area (Å²) in [5.41, 5.74) is -1.33. The summed E-state index contributed by atoms with van der Waals surface area (Å²) in [5.74, 6) is -0.821. The average molecular weight is 299 g/mol. The molecule has 7 nitrogen and oxygen atoms in total. The molecule has 3 N–H and O–H groups in total. The molecular weight excluding hydrogens is 274 g/mol. The number of nitrogens with one attached hydrogen (secondary N) is 2. The van der Waals surface area contributed by atoms with Crippen molar-refractivity contribution in [3.8, 4) is 0 Å². The van der Waals surface area contributed by atoms with Crippen LogP contribution in [0.25, 0.3) is 0 Å². The van der Waals surface area contributed by atoms with E-state index in [0.717, 1.165) is 17.7 Å². The second-order valence-corrected chi connectivity index (χ2v) is 6.09. The highest BCUT2D eigenvalue weighted by atomic mass is 16.3. The lowest BCUT2D eigenvalue weighted by Gasteiger charge is -2.29. The van der Waals surface area contributed by atoms with Gasteiger partial charge in [-0.3, -0.25) is 14.5 Å². The van der Waals surface area contributed by atoms with Crippen molar-refractivity contribution in [1.29, 1.82) is 0 Å². The maximum Gasteiger partial charge on any atom is 0.325 e. The van der Waals surface area contributed by atoms with E-state index in [1.54, 1.807) is 13.8 Å². The largest absolute Gasteiger partial charge is 0.396 e. The first-order valence-corrected chi connectivity index (χ1v) is 7.23. The lowest BCUT2D eigenvalue weighted by Crippen LogP contribution is -2.46. The number of aliphatic hydroxyl groups excluding tert-OH is 1. The summed E-state index contributed by atoms with van der Waals surface area (Å²) in [6.07, 6.45) is 1.47. The summed E-state index contributed by atoms with van der Waals surface area (Å²) >= 11 is 0. The smallest absolute Gasteiger partial charge is 0.325 e. The Balaban J connectivity index is 2.59. The highest BCUT2D eigenvalue weighted by molar-refractivity contribution is 6.08. The molecule has 0 atom stereocenters. The zero-order valence-electron chi connectivity index (χ0n) is 13.2. The van der Waals surface area contributed by atoms with Crippen LogP contribution in [0.5, 0.6) is 0 Å². The Bertz CT molecular complexity index is 422. The summed E-state index contributed by atoms with van der Waals surface area (Å²) in [6, 6.07) is -0.556. The molecule has 4 amide bonds. The van der Waals surface area contributed by atoms with E-state index in [4.69, 9.17) is 0 Å². The third-order valence-electron chi connectivity index (χ3n) is 4.24. The lowest BCUT2D eigenvalue weighted by atomic mass is 9.83. The Kier molecular flexibility index (Phi) is 5.33. The van der Waals surface area contributed by atoms with Crippen LogP contribution in [0.3, 0.4) is 0 Å². The Morgan fingerprint density at radius 2 is 1.90 bits per heavy atom. The third kappa shape index (κ3) is 3.72. The number of carbonyl (C=O) groups is 3. The van der Waals surface area contributed by atoms with E-state index in [1.807, 2.05) is 13.8 Å². The summed E-state index contributed by atoms with van der Waals surface area (Å²) in [5, 5.41) is 14.7. The molecule has 1 heterocycles. The van der Waals surface area contributed by atoms with Crippen molar-refractivity contribution in [3.05, 3.63) is 0 Å². The van der Waals surface area contributed by atoms with Crippen molar-refractivity contribution in [2.24, 2.45) is 5.41 Å². The number of imide groups is 1. The molecule has 0 saturated carbocycles. The topological polar surface area (TPSA) is 98.7 Å². The standard InChI is InChI=1S/C14H25N3O4/c1-5-14(6-2,9-18)8-15-10(19)7-17-11(20)13(3,4)16-12(17)21/h18H,5-9H2,1-4H3,(H,15,19)(H,16,21). The summed E-state index contributed by atoms with van der Waals surface area (Å²) in [6.45, 7) is 7.09. The zero-order valence-corrected chi connectivity index (χ0v) is 13.2. The second kappa shape index (κ2) is 6.43. The molecule has 1 saturated heterocycles. The fraction of sp³-hybridized carbons (Fsp3) is 0.786. The summed E-state index contributed by atoms with van der Waals surface area (Å²) in [4.78, 5) is 36.5. The Hall–Kier alpha value is -1.63. The van der Waals surface area contributed by atoms with Crippen LogP contribution in [0.1, 0.15) is 40.5 Å². The molecular formula is C14H25N3O4. The van der Waals surface area contributed by atoms with Crippen molar-refractivity contribution in [1.82, 2.24) is 15.5 Å². The van der Waals surface area contributed by atoms with Crippen molar-refractivity contribution < 1.29 is 19.5 Å². The van der Waals surface area contributed by atoms with Gasteiger partial charge >= 0.3 is 6.03 Å². The number of urea groups is 1. The van der Waals surface area contributed by atoms with E-state index < -0.39 is 23.4 Å². The molecule has 1 aliphatic heterocycles. The molecule has 120 valence electrons. The van der Waals surface area contributed by atoms with Crippen LogP contribution in [0, 0.1) is 5.41 Å². The van der Waals surface area contributed by atoms with E-state index >= 15 is 0 Å². The van der Waals surface area contributed by atoms with Gasteiger partial charge in [0.25, 0.3) is 5.91 Å². The van der Waals surface area contributed by atoms with Gasteiger partial charge in [0.05, 0.1) is 6.61 Å². The third-order valence-corrected chi connectivity index (χ3v) is 4.24. The Labute approximate surface area is 125 Å². The molecule has 0 aromatic carbocycles. The molecule has 0 aliphatic carbocycles. The van der Waals surface area contributed by atoms with Crippen molar-refractivity contribution in [2.45, 2.75) is 46.1 Å². The van der Waals surface area contributed by atoms with Crippen LogP contribution in [-0.4, -0.2) is 53.1 Å². The Morgan fingerprint density at radius 3 is 2.29 bits per heavy atom. The quantitative estimate of drug-likeness (QED) is 0.586. The maximum atomic E-state index is 12.0. The molecule has 0 bridgehead atoms. The van der Waals surface area contributed by atoms with Gasteiger partial charge in [-0.15, -0.1) is 0 Å². The second-order valence-electron chi connectivity index (χ2n) is 6.09. The molecule has 1 rings (SSSR count). The van der Waals surface area contributed by atoms with E-state index in [2.05, 4.69) is 10.6 Å². The van der Waals surface area contributed by atoms with E-state index in [0.29, 0.717) is 6.54 Å². The first kappa shape index (κ1) is 17.4. The fourth-order valence-corrected chi connectivity index (χ4v) is 2.23. The van der Waals surface area contributed by atoms with Gasteiger partial charge in [-0.05, 0) is 26.7 Å². The number of rotatable bonds is 7. The van der Waals surface area contributed by atoms with E-state index in [9.17, 15) is 19.5 Å². The van der Waals surface area contributed by atoms with Crippen molar-refractivity contribution in [2.75, 3.05) is 19.7 Å². The van der Waals surface area contributed by atoms with Crippen LogP contribution in [-0.2, 0) is 9.59 Å². The molecule has 0 unspecified atom stereocenters. The number of carbonyl (C=O) groups excluding carboxylic acids is 3. The van der Waals surface area contributed by atoms with Gasteiger partial charge in [0, 0.05) is 12.0 Å². The number of nitrogens with zero attached hydrogens (tertiary/aromatic N) is 1. The van der Waals surface area contributed by atoms with Crippen molar-refractivity contribution in [3.63, 3.8) is 0 Å². The monoisotopic (exact) mass is 299 g/mol. The van der Waals surface area contributed by atoms with Gasteiger partial charge in [-0.25, -0.2) is 4.79 Å². The minimum atomic E-state index is -0.973. The molecule has 1 fully saturated rings. The minimum Gasteiger partial charge on any atom is -0.396 e. The Morgan fingerprint density at radius 1 is 1.33 bits per heavy atom. The summed E-state index contributed by atoms with van der Waals surface area (Å²) in [7, 11) is 0. The average Bonchev–Trinajstić information content (AvgIpc) is 2.63. The van der Waals surface area contributed by atoms with Gasteiger partial charge in [-0.1, -0.05) is 13.8 Å². The van der Waals surface area contributed by atoms with Gasteiger partial charge in [0.15, 0.2) is 0 Å². The number of amides is 4. The molecule has 0 aromatic heterocycles. The highest BCUT2D eigenvalue weighted by Crippen LogP contribution is 2.24. The van der Waals surface area contributed by atoms with Crippen LogP contribution in [0.2, 0.25) is 0 Å². The minimum absolute atomic E-state index is 0.0174. The normalized spacial score (nSPS) is 17.9. The molecule has 1 aliphatic rings. The van der Waals surface area contributed by atoms with Crippen molar-refractivity contribution >= 4 is 17.8 Å². The van der Waals surface area contributed by atoms with Crippen LogP contribution in [0.4, 0.5) is 4.79 Å². The van der Waals surface area contributed by atoms with Gasteiger partial charge in [0.2, 0.25) is 5.91 Å². The molecule has 0 aromatic rings. The lowest BCUT2D eigenvalue weighted by molar-refractivity contribution is -0.134. The number of aliphatic hydroxyl groups is 1. The maximum absolute atomic E-state index is 12.0. The first-order chi connectivity index (χ1) is 9.71. The number of hydrogen-bond donors (Lipinski definition) is 3. The fourth-order valence-electron chi connectivity index (χ4n) is 2.23. The summed E-state index contributed by atoms with van der Waals surface area (Å²) < 4.78 is 0. The van der Waals surface area contributed by atoms with Gasteiger partial charge < -0.3 is 15.7 Å². The predicted molar refractivity (Wildman–Crippen MR) is 77.4 cm³/mol. The first-order valence-electron chi connectivity index (χ1n) is 7.23. The molecule has 0 spiro atoms. The van der Waals surface area contributed by atoms with Crippen LogP contribution in [0.15, 0.2) is 0 Å². The van der Waals surface area contributed by atoms with Gasteiger partial charge in [0.1, 0.15) is 12.1 Å².